The van der Waals surface area contributed by atoms with Gasteiger partial charge in [-0.05, 0) is 53.7 Å². The van der Waals surface area contributed by atoms with Crippen molar-refractivity contribution in [3.63, 3.8) is 0 Å². The average molecular weight is 440 g/mol. The van der Waals surface area contributed by atoms with Crippen LogP contribution >= 0.6 is 12.2 Å². The van der Waals surface area contributed by atoms with Crippen molar-refractivity contribution < 1.29 is 28.5 Å². The van der Waals surface area contributed by atoms with Gasteiger partial charge in [-0.2, -0.15) is 0 Å². The summed E-state index contributed by atoms with van der Waals surface area (Å²) in [6.45, 7) is 0.518. The molecule has 2 aliphatic rings. The molecule has 2 aromatic rings. The van der Waals surface area contributed by atoms with Gasteiger partial charge in [0.15, 0.2) is 28.1 Å². The van der Waals surface area contributed by atoms with E-state index in [9.17, 15) is 9.59 Å². The number of amides is 2. The first-order valence-corrected chi connectivity index (χ1v) is 9.81. The Bertz CT molecular complexity index is 1090. The van der Waals surface area contributed by atoms with Gasteiger partial charge in [0, 0.05) is 14.1 Å². The minimum absolute atomic E-state index is 0.0229. The molecule has 2 aliphatic heterocycles. The minimum atomic E-state index is -0.449. The van der Waals surface area contributed by atoms with Crippen molar-refractivity contribution in [1.82, 2.24) is 9.80 Å². The van der Waals surface area contributed by atoms with Crippen LogP contribution in [0.5, 0.6) is 23.0 Å². The van der Waals surface area contributed by atoms with Crippen LogP contribution in [0.25, 0.3) is 6.08 Å². The highest BCUT2D eigenvalue weighted by Crippen LogP contribution is 2.34. The molecule has 1 fully saturated rings. The monoisotopic (exact) mass is 440 g/mol. The largest absolute Gasteiger partial charge is 0.493 e. The molecule has 0 saturated carbocycles. The SMILES string of the molecule is COc1cc(C=C2C(=O)N(C)C(=S)N(C)C2=O)ccc1OCc1ccc2c(c1)OCO2. The summed E-state index contributed by atoms with van der Waals surface area (Å²) in [5, 5.41) is 0.164. The first kappa shape index (κ1) is 20.7. The molecule has 1 saturated heterocycles. The van der Waals surface area contributed by atoms with Crippen molar-refractivity contribution in [2.45, 2.75) is 6.61 Å². The van der Waals surface area contributed by atoms with E-state index in [1.165, 1.54) is 37.1 Å². The van der Waals surface area contributed by atoms with Crippen LogP contribution in [0.4, 0.5) is 0 Å². The molecule has 0 aliphatic carbocycles. The molecule has 2 aromatic carbocycles. The van der Waals surface area contributed by atoms with Gasteiger partial charge in [0.05, 0.1) is 7.11 Å². The second-order valence-electron chi connectivity index (χ2n) is 6.96. The zero-order chi connectivity index (χ0) is 22.1. The van der Waals surface area contributed by atoms with Gasteiger partial charge < -0.3 is 18.9 Å². The van der Waals surface area contributed by atoms with Gasteiger partial charge in [-0.1, -0.05) is 12.1 Å². The number of likely N-dealkylation sites (N-methyl/N-ethyl adjacent to an activating group) is 2. The normalized spacial score (nSPS) is 15.5. The third kappa shape index (κ3) is 3.91. The Morgan fingerprint density at radius 1 is 1.00 bits per heavy atom. The zero-order valence-corrected chi connectivity index (χ0v) is 18.0. The summed E-state index contributed by atoms with van der Waals surface area (Å²) in [5.74, 6) is 1.50. The molecule has 0 radical (unpaired) electrons. The second-order valence-corrected chi connectivity index (χ2v) is 7.32. The van der Waals surface area contributed by atoms with Crippen LogP contribution in [0, 0.1) is 0 Å². The maximum atomic E-state index is 12.5. The van der Waals surface area contributed by atoms with Crippen molar-refractivity contribution in [2.24, 2.45) is 0 Å². The molecule has 2 amide bonds. The molecule has 31 heavy (non-hydrogen) atoms. The molecular weight excluding hydrogens is 420 g/mol. The molecule has 9 heteroatoms. The lowest BCUT2D eigenvalue weighted by molar-refractivity contribution is -0.132. The molecule has 0 spiro atoms. The van der Waals surface area contributed by atoms with Crippen LogP contribution in [-0.4, -0.2) is 54.7 Å². The highest BCUT2D eigenvalue weighted by atomic mass is 32.1. The highest BCUT2D eigenvalue weighted by Gasteiger charge is 2.35. The van der Waals surface area contributed by atoms with Crippen LogP contribution < -0.4 is 18.9 Å². The maximum absolute atomic E-state index is 12.5. The van der Waals surface area contributed by atoms with Gasteiger partial charge in [-0.3, -0.25) is 19.4 Å². The van der Waals surface area contributed by atoms with Gasteiger partial charge in [0.2, 0.25) is 6.79 Å². The minimum Gasteiger partial charge on any atom is -0.493 e. The number of carbonyl (C=O) groups is 2. The highest BCUT2D eigenvalue weighted by molar-refractivity contribution is 7.80. The molecular formula is C22H20N2O6S. The lowest BCUT2D eigenvalue weighted by Gasteiger charge is -2.31. The van der Waals surface area contributed by atoms with Crippen LogP contribution in [0.3, 0.4) is 0 Å². The zero-order valence-electron chi connectivity index (χ0n) is 17.2. The summed E-state index contributed by atoms with van der Waals surface area (Å²) in [7, 11) is 4.60. The molecule has 4 rings (SSSR count). The summed E-state index contributed by atoms with van der Waals surface area (Å²) < 4.78 is 22.0. The topological polar surface area (TPSA) is 77.5 Å². The first-order chi connectivity index (χ1) is 14.9. The lowest BCUT2D eigenvalue weighted by atomic mass is 10.1. The van der Waals surface area contributed by atoms with Crippen molar-refractivity contribution in [3.05, 3.63) is 53.1 Å². The Morgan fingerprint density at radius 3 is 2.42 bits per heavy atom. The number of thiocarbonyl (C=S) groups is 1. The van der Waals surface area contributed by atoms with Gasteiger partial charge in [-0.25, -0.2) is 0 Å². The summed E-state index contributed by atoms with van der Waals surface area (Å²) >= 11 is 5.11. The van der Waals surface area contributed by atoms with Crippen LogP contribution in [0.15, 0.2) is 42.0 Å². The van der Waals surface area contributed by atoms with Crippen LogP contribution in [-0.2, 0) is 16.2 Å². The Kier molecular flexibility index (Phi) is 5.51. The fraction of sp³-hybridized carbons (Fsp3) is 0.227. The summed E-state index contributed by atoms with van der Waals surface area (Å²) in [6.07, 6.45) is 1.52. The van der Waals surface area contributed by atoms with E-state index in [4.69, 9.17) is 31.2 Å². The maximum Gasteiger partial charge on any atom is 0.265 e. The van der Waals surface area contributed by atoms with Gasteiger partial charge in [-0.15, -0.1) is 0 Å². The lowest BCUT2D eigenvalue weighted by Crippen LogP contribution is -2.52. The van der Waals surface area contributed by atoms with Gasteiger partial charge >= 0.3 is 0 Å². The predicted octanol–water partition coefficient (Wildman–Crippen LogP) is 2.60. The molecule has 8 nitrogen and oxygen atoms in total. The third-order valence-corrected chi connectivity index (χ3v) is 5.52. The fourth-order valence-electron chi connectivity index (χ4n) is 3.23. The van der Waals surface area contributed by atoms with E-state index in [0.29, 0.717) is 35.2 Å². The van der Waals surface area contributed by atoms with Crippen molar-refractivity contribution >= 4 is 35.2 Å². The first-order valence-electron chi connectivity index (χ1n) is 9.40. The van der Waals surface area contributed by atoms with E-state index in [2.05, 4.69) is 0 Å². The fourth-order valence-corrected chi connectivity index (χ4v) is 3.39. The summed E-state index contributed by atoms with van der Waals surface area (Å²) in [4.78, 5) is 27.5. The number of hydrogen-bond acceptors (Lipinski definition) is 7. The van der Waals surface area contributed by atoms with Crippen molar-refractivity contribution in [1.29, 1.82) is 0 Å². The van der Waals surface area contributed by atoms with E-state index < -0.39 is 11.8 Å². The Balaban J connectivity index is 1.54. The van der Waals surface area contributed by atoms with Crippen molar-refractivity contribution in [3.8, 4) is 23.0 Å². The van der Waals surface area contributed by atoms with Gasteiger partial charge in [0.1, 0.15) is 12.2 Å². The molecule has 0 N–H and O–H groups in total. The number of methoxy groups -OCH3 is 1. The Labute approximate surface area is 184 Å². The molecule has 0 aromatic heterocycles. The van der Waals surface area contributed by atoms with Crippen molar-refractivity contribution in [2.75, 3.05) is 28.0 Å². The van der Waals surface area contributed by atoms with E-state index in [1.54, 1.807) is 18.2 Å². The number of ether oxygens (including phenoxy) is 4. The Morgan fingerprint density at radius 2 is 1.71 bits per heavy atom. The number of fused-ring (bicyclic) bond motifs is 1. The predicted molar refractivity (Wildman–Crippen MR) is 116 cm³/mol. The van der Waals surface area contributed by atoms with E-state index in [1.807, 2.05) is 18.2 Å². The second kappa shape index (κ2) is 8.27. The molecule has 0 atom stereocenters. The van der Waals surface area contributed by atoms with E-state index >= 15 is 0 Å². The van der Waals surface area contributed by atoms with Crippen LogP contribution in [0.2, 0.25) is 0 Å². The molecule has 0 unspecified atom stereocenters. The number of benzene rings is 2. The summed E-state index contributed by atoms with van der Waals surface area (Å²) in [5.41, 5.74) is 1.56. The molecule has 0 bridgehead atoms. The standard InChI is InChI=1S/C22H20N2O6S/c1-23-20(25)15(21(26)24(2)22(23)31)8-13-4-6-16(18(9-13)27-3)28-11-14-5-7-17-19(10-14)30-12-29-17/h4-10H,11-12H2,1-3H3. The molecule has 2 heterocycles. The van der Waals surface area contributed by atoms with Crippen LogP contribution in [0.1, 0.15) is 11.1 Å². The number of nitrogens with zero attached hydrogens (tertiary/aromatic N) is 2. The van der Waals surface area contributed by atoms with E-state index in [-0.39, 0.29) is 17.5 Å². The summed E-state index contributed by atoms with van der Waals surface area (Å²) in [6, 6.07) is 10.8. The van der Waals surface area contributed by atoms with Gasteiger partial charge in [0.25, 0.3) is 11.8 Å². The average Bonchev–Trinajstić information content (AvgIpc) is 3.26. The smallest absolute Gasteiger partial charge is 0.265 e. The number of rotatable bonds is 5. The Hall–Kier alpha value is -3.59. The quantitative estimate of drug-likeness (QED) is 0.402. The third-order valence-electron chi connectivity index (χ3n) is 4.97. The molecule has 160 valence electrons. The van der Waals surface area contributed by atoms with E-state index in [0.717, 1.165) is 5.56 Å². The number of hydrogen-bond donors (Lipinski definition) is 0. The number of carbonyl (C=O) groups excluding carboxylic acids is 2.